The van der Waals surface area contributed by atoms with E-state index < -0.39 is 0 Å². The Kier molecular flexibility index (Phi) is 7.54. The Balaban J connectivity index is 1.52. The van der Waals surface area contributed by atoms with Crippen molar-refractivity contribution >= 4 is 67.8 Å². The first-order chi connectivity index (χ1) is 16.7. The molecule has 0 bridgehead atoms. The number of halogens is 3. The van der Waals surface area contributed by atoms with Crippen molar-refractivity contribution in [1.29, 1.82) is 0 Å². The normalized spacial score (nSPS) is 11.2. The van der Waals surface area contributed by atoms with E-state index in [4.69, 9.17) is 27.9 Å². The summed E-state index contributed by atoms with van der Waals surface area (Å²) in [6.45, 7) is 3.32. The van der Waals surface area contributed by atoms with Crippen LogP contribution < -0.4 is 15.6 Å². The molecule has 178 valence electrons. The van der Waals surface area contributed by atoms with E-state index in [0.717, 1.165) is 10.0 Å². The lowest BCUT2D eigenvalue weighted by molar-refractivity contribution is -0.118. The van der Waals surface area contributed by atoms with Crippen molar-refractivity contribution in [3.8, 4) is 5.75 Å². The highest BCUT2D eigenvalue weighted by molar-refractivity contribution is 9.10. The summed E-state index contributed by atoms with van der Waals surface area (Å²) < 4.78 is 7.54. The molecule has 0 aliphatic carbocycles. The van der Waals surface area contributed by atoms with Crippen LogP contribution in [-0.4, -0.2) is 28.4 Å². The Morgan fingerprint density at radius 3 is 2.57 bits per heavy atom. The fourth-order valence-corrected chi connectivity index (χ4v) is 4.32. The van der Waals surface area contributed by atoms with Gasteiger partial charge in [-0.3, -0.25) is 9.59 Å². The summed E-state index contributed by atoms with van der Waals surface area (Å²) in [4.78, 5) is 29.6. The van der Waals surface area contributed by atoms with E-state index in [1.807, 2.05) is 31.2 Å². The fraction of sp³-hybridized carbons (Fsp3) is 0.120. The zero-order valence-electron chi connectivity index (χ0n) is 18.7. The molecule has 0 radical (unpaired) electrons. The highest BCUT2D eigenvalue weighted by Crippen LogP contribution is 2.34. The molecule has 1 N–H and O–H groups in total. The number of aromatic nitrogens is 2. The number of carbonyl (C=O) groups is 1. The number of ether oxygens (including phenoxy) is 1. The van der Waals surface area contributed by atoms with Crippen molar-refractivity contribution in [3.05, 3.63) is 96.4 Å². The summed E-state index contributed by atoms with van der Waals surface area (Å²) in [6, 6.07) is 15.9. The van der Waals surface area contributed by atoms with E-state index in [1.165, 1.54) is 10.9 Å². The first-order valence-corrected chi connectivity index (χ1v) is 12.0. The van der Waals surface area contributed by atoms with Gasteiger partial charge in [0.2, 0.25) is 0 Å². The van der Waals surface area contributed by atoms with Gasteiger partial charge in [-0.1, -0.05) is 57.3 Å². The van der Waals surface area contributed by atoms with Crippen molar-refractivity contribution in [2.45, 2.75) is 13.8 Å². The monoisotopic (exact) mass is 572 g/mol. The van der Waals surface area contributed by atoms with Crippen molar-refractivity contribution in [2.75, 3.05) is 11.9 Å². The van der Waals surface area contributed by atoms with Gasteiger partial charge >= 0.3 is 0 Å². The summed E-state index contributed by atoms with van der Waals surface area (Å²) in [7, 11) is 0. The maximum absolute atomic E-state index is 12.9. The number of benzene rings is 3. The van der Waals surface area contributed by atoms with E-state index >= 15 is 0 Å². The second kappa shape index (κ2) is 10.6. The van der Waals surface area contributed by atoms with Gasteiger partial charge in [0.25, 0.3) is 11.5 Å². The van der Waals surface area contributed by atoms with Crippen LogP contribution in [0.25, 0.3) is 10.9 Å². The predicted octanol–water partition coefficient (Wildman–Crippen LogP) is 5.98. The van der Waals surface area contributed by atoms with E-state index in [2.05, 4.69) is 31.3 Å². The first kappa shape index (κ1) is 24.9. The van der Waals surface area contributed by atoms with Gasteiger partial charge in [0.15, 0.2) is 12.4 Å². The topological polar surface area (TPSA) is 85.6 Å². The van der Waals surface area contributed by atoms with Gasteiger partial charge in [-0.15, -0.1) is 0 Å². The van der Waals surface area contributed by atoms with Crippen LogP contribution in [-0.2, 0) is 4.79 Å². The lowest BCUT2D eigenvalue weighted by atomic mass is 10.2. The van der Waals surface area contributed by atoms with Crippen LogP contribution in [0, 0.1) is 13.8 Å². The number of anilines is 1. The van der Waals surface area contributed by atoms with Crippen LogP contribution in [0.3, 0.4) is 0 Å². The van der Waals surface area contributed by atoms with Gasteiger partial charge in [-0.2, -0.15) is 9.78 Å². The molecular formula is C25H19BrCl2N4O3. The summed E-state index contributed by atoms with van der Waals surface area (Å²) in [5.74, 6) is 0.260. The smallest absolute Gasteiger partial charge is 0.282 e. The SMILES string of the molecule is Cc1ccccc1NC(=O)COc1c(Cl)cc(C=Nn2c(C)nc3ccc(Br)cc3c2=O)cc1Cl. The standard InChI is InChI=1S/C25H19BrCl2N4O3/c1-14-5-3-4-6-21(14)31-23(33)13-35-24-19(27)9-16(10-20(24)28)12-29-32-15(2)30-22-8-7-17(26)11-18(22)25(32)34/h3-12H,13H2,1-2H3,(H,31,33). The quantitative estimate of drug-likeness (QED) is 0.287. The summed E-state index contributed by atoms with van der Waals surface area (Å²) in [5, 5.41) is 7.90. The Morgan fingerprint density at radius 1 is 1.14 bits per heavy atom. The Morgan fingerprint density at radius 2 is 1.86 bits per heavy atom. The Bertz CT molecular complexity index is 1510. The molecule has 1 aromatic heterocycles. The molecule has 1 heterocycles. The molecule has 7 nitrogen and oxygen atoms in total. The number of hydrogen-bond donors (Lipinski definition) is 1. The van der Waals surface area contributed by atoms with Crippen LogP contribution in [0.4, 0.5) is 5.69 Å². The molecule has 0 spiro atoms. The van der Waals surface area contributed by atoms with Crippen LogP contribution in [0.5, 0.6) is 5.75 Å². The molecule has 0 unspecified atom stereocenters. The lowest BCUT2D eigenvalue weighted by Gasteiger charge is -2.12. The zero-order valence-corrected chi connectivity index (χ0v) is 21.8. The number of nitrogens with one attached hydrogen (secondary N) is 1. The average molecular weight is 574 g/mol. The largest absolute Gasteiger partial charge is 0.481 e. The fourth-order valence-electron chi connectivity index (χ4n) is 3.35. The lowest BCUT2D eigenvalue weighted by Crippen LogP contribution is -2.21. The molecule has 4 rings (SSSR count). The second-order valence-electron chi connectivity index (χ2n) is 7.65. The Hall–Kier alpha value is -3.20. The predicted molar refractivity (Wildman–Crippen MR) is 143 cm³/mol. The van der Waals surface area contributed by atoms with Crippen LogP contribution >= 0.6 is 39.1 Å². The van der Waals surface area contributed by atoms with Crippen LogP contribution in [0.2, 0.25) is 10.0 Å². The van der Waals surface area contributed by atoms with Gasteiger partial charge in [-0.05, 0) is 61.4 Å². The van der Waals surface area contributed by atoms with E-state index in [0.29, 0.717) is 28.0 Å². The second-order valence-corrected chi connectivity index (χ2v) is 9.38. The highest BCUT2D eigenvalue weighted by atomic mass is 79.9. The Labute approximate surface area is 219 Å². The van der Waals surface area contributed by atoms with E-state index in [-0.39, 0.29) is 33.9 Å². The molecule has 3 aromatic carbocycles. The van der Waals surface area contributed by atoms with Crippen molar-refractivity contribution in [3.63, 3.8) is 0 Å². The van der Waals surface area contributed by atoms with Gasteiger partial charge in [0.1, 0.15) is 5.82 Å². The minimum absolute atomic E-state index is 0.177. The molecule has 0 atom stereocenters. The molecule has 35 heavy (non-hydrogen) atoms. The number of aryl methyl sites for hydroxylation is 2. The van der Waals surface area contributed by atoms with Crippen molar-refractivity contribution in [1.82, 2.24) is 9.66 Å². The van der Waals surface area contributed by atoms with Crippen LogP contribution in [0.1, 0.15) is 17.0 Å². The van der Waals surface area contributed by atoms with E-state index in [9.17, 15) is 9.59 Å². The zero-order chi connectivity index (χ0) is 25.1. The minimum atomic E-state index is -0.345. The molecule has 1 amide bonds. The number of nitrogens with zero attached hydrogens (tertiary/aromatic N) is 3. The molecule has 4 aromatic rings. The number of para-hydroxylation sites is 1. The van der Waals surface area contributed by atoms with E-state index in [1.54, 1.807) is 37.3 Å². The number of fused-ring (bicyclic) bond motifs is 1. The number of amides is 1. The number of rotatable bonds is 6. The average Bonchev–Trinajstić information content (AvgIpc) is 2.80. The van der Waals surface area contributed by atoms with Gasteiger partial charge < -0.3 is 10.1 Å². The number of hydrogen-bond acceptors (Lipinski definition) is 5. The molecular weight excluding hydrogens is 555 g/mol. The molecule has 0 fully saturated rings. The van der Waals surface area contributed by atoms with Crippen LogP contribution in [0.15, 0.2) is 69.0 Å². The first-order valence-electron chi connectivity index (χ1n) is 10.4. The molecule has 0 aliphatic rings. The van der Waals surface area contributed by atoms with Crippen molar-refractivity contribution in [2.24, 2.45) is 5.10 Å². The molecule has 0 aliphatic heterocycles. The molecule has 10 heteroatoms. The molecule has 0 saturated carbocycles. The van der Waals surface area contributed by atoms with Gasteiger partial charge in [-0.25, -0.2) is 4.98 Å². The van der Waals surface area contributed by atoms with Crippen molar-refractivity contribution < 1.29 is 9.53 Å². The molecule has 0 saturated heterocycles. The van der Waals surface area contributed by atoms with Gasteiger partial charge in [0, 0.05) is 10.2 Å². The third-order valence-corrected chi connectivity index (χ3v) is 6.13. The minimum Gasteiger partial charge on any atom is -0.481 e. The summed E-state index contributed by atoms with van der Waals surface area (Å²) >= 11 is 16.1. The summed E-state index contributed by atoms with van der Waals surface area (Å²) in [5.41, 5.74) is 2.45. The third kappa shape index (κ3) is 5.73. The highest BCUT2D eigenvalue weighted by Gasteiger charge is 2.13. The maximum Gasteiger partial charge on any atom is 0.282 e. The van der Waals surface area contributed by atoms with Gasteiger partial charge in [0.05, 0.1) is 27.2 Å². The summed E-state index contributed by atoms with van der Waals surface area (Å²) in [6.07, 6.45) is 1.45. The number of carbonyl (C=O) groups excluding carboxylic acids is 1. The maximum atomic E-state index is 12.9. The third-order valence-electron chi connectivity index (χ3n) is 5.08.